The van der Waals surface area contributed by atoms with Gasteiger partial charge in [0.15, 0.2) is 0 Å². The summed E-state index contributed by atoms with van der Waals surface area (Å²) in [6.45, 7) is 0. The number of phenolic OH excluding ortho intramolecular Hbond substituents is 2. The fourth-order valence-corrected chi connectivity index (χ4v) is 9.71. The molecule has 0 spiro atoms. The molecule has 11 rings (SSSR count). The molecule has 0 saturated carbocycles. The van der Waals surface area contributed by atoms with Crippen molar-refractivity contribution in [2.45, 2.75) is 0 Å². The van der Waals surface area contributed by atoms with E-state index >= 15 is 0 Å². The van der Waals surface area contributed by atoms with E-state index in [-0.39, 0.29) is 11.5 Å². The van der Waals surface area contributed by atoms with Crippen LogP contribution in [-0.2, 0) is 0 Å². The second kappa shape index (κ2) is 18.5. The van der Waals surface area contributed by atoms with E-state index in [9.17, 15) is 10.2 Å². The maximum absolute atomic E-state index is 10.7. The van der Waals surface area contributed by atoms with Crippen LogP contribution in [0.1, 0.15) is 0 Å². The molecule has 0 bridgehead atoms. The van der Waals surface area contributed by atoms with E-state index in [1.165, 1.54) is 33.4 Å². The van der Waals surface area contributed by atoms with Crippen LogP contribution >= 0.6 is 0 Å². The average Bonchev–Trinajstić information content (AvgIpc) is 3.41. The van der Waals surface area contributed by atoms with E-state index in [2.05, 4.69) is 194 Å². The van der Waals surface area contributed by atoms with E-state index in [1.807, 2.05) is 60.7 Å². The Kier molecular flexibility index (Phi) is 11.3. The number of phenols is 2. The smallest absolute Gasteiger partial charge is 0.123 e. The molecule has 0 aliphatic heterocycles. The highest BCUT2D eigenvalue weighted by molar-refractivity contribution is 5.95. The van der Waals surface area contributed by atoms with E-state index < -0.39 is 0 Å². The fourth-order valence-electron chi connectivity index (χ4n) is 9.71. The van der Waals surface area contributed by atoms with Gasteiger partial charge in [-0.15, -0.1) is 0 Å². The minimum Gasteiger partial charge on any atom is -0.507 e. The maximum Gasteiger partial charge on any atom is 0.123 e. The number of benzene rings is 11. The Hall–Kier alpha value is -8.98. The van der Waals surface area contributed by atoms with Gasteiger partial charge in [0.2, 0.25) is 0 Å². The average molecular weight is 871 g/mol. The highest BCUT2D eigenvalue weighted by atomic mass is 16.3. The molecule has 0 unspecified atom stereocenters. The largest absolute Gasteiger partial charge is 0.507 e. The zero-order valence-electron chi connectivity index (χ0n) is 37.3. The lowest BCUT2D eigenvalue weighted by molar-refractivity contribution is 0.477. The predicted octanol–water partition coefficient (Wildman–Crippen LogP) is 17.8. The van der Waals surface area contributed by atoms with Gasteiger partial charge in [0, 0.05) is 11.1 Å². The molecule has 322 valence electrons. The van der Waals surface area contributed by atoms with Crippen LogP contribution in [0.2, 0.25) is 0 Å². The third-order valence-electron chi connectivity index (χ3n) is 13.1. The lowest BCUT2D eigenvalue weighted by Crippen LogP contribution is -1.91. The molecule has 11 aromatic carbocycles. The molecular weight excluding hydrogens is 825 g/mol. The standard InChI is InChI=1S/C66H46O2/c67-65-31-15-13-29-63(65)61-27-11-5-21-55(61)49-41-37-47(38-42-49)53-19-3-9-25-59(53)57-23-7-1-17-51(57)45-33-35-46(36-34-45)52-18-2-8-24-58(52)60-26-10-4-20-54(60)48-39-43-50(44-40-48)56-22-6-12-28-62(56)64-30-14-16-32-66(64)68/h1-44,67-68H. The Morgan fingerprint density at radius 3 is 0.441 bits per heavy atom. The van der Waals surface area contributed by atoms with Gasteiger partial charge in [0.25, 0.3) is 0 Å². The number of aromatic hydroxyl groups is 2. The van der Waals surface area contributed by atoms with Crippen molar-refractivity contribution in [3.05, 3.63) is 267 Å². The number of hydrogen-bond acceptors (Lipinski definition) is 2. The van der Waals surface area contributed by atoms with Crippen molar-refractivity contribution >= 4 is 0 Å². The normalized spacial score (nSPS) is 11.1. The van der Waals surface area contributed by atoms with Crippen LogP contribution in [0.5, 0.6) is 11.5 Å². The Morgan fingerprint density at radius 2 is 0.265 bits per heavy atom. The van der Waals surface area contributed by atoms with Crippen molar-refractivity contribution in [1.29, 1.82) is 0 Å². The Bertz CT molecular complexity index is 3330. The van der Waals surface area contributed by atoms with Crippen molar-refractivity contribution < 1.29 is 10.2 Å². The summed E-state index contributed by atoms with van der Waals surface area (Å²) < 4.78 is 0. The second-order valence-corrected chi connectivity index (χ2v) is 17.0. The van der Waals surface area contributed by atoms with Crippen molar-refractivity contribution in [2.24, 2.45) is 0 Å². The molecule has 2 N–H and O–H groups in total. The number of hydrogen-bond donors (Lipinski definition) is 2. The number of rotatable bonds is 10. The third-order valence-corrected chi connectivity index (χ3v) is 13.1. The highest BCUT2D eigenvalue weighted by Crippen LogP contribution is 2.44. The molecule has 68 heavy (non-hydrogen) atoms. The first-order valence-electron chi connectivity index (χ1n) is 23.0. The molecule has 0 atom stereocenters. The first-order valence-corrected chi connectivity index (χ1v) is 23.0. The van der Waals surface area contributed by atoms with Crippen molar-refractivity contribution in [3.63, 3.8) is 0 Å². The van der Waals surface area contributed by atoms with Crippen LogP contribution in [0, 0.1) is 0 Å². The van der Waals surface area contributed by atoms with Crippen LogP contribution in [0.25, 0.3) is 111 Å². The summed E-state index contributed by atoms with van der Waals surface area (Å²) in [5, 5.41) is 21.4. The Morgan fingerprint density at radius 1 is 0.132 bits per heavy atom. The zero-order chi connectivity index (χ0) is 45.8. The van der Waals surface area contributed by atoms with Crippen molar-refractivity contribution in [3.8, 4) is 123 Å². The van der Waals surface area contributed by atoms with Crippen LogP contribution in [-0.4, -0.2) is 10.2 Å². The van der Waals surface area contributed by atoms with Crippen molar-refractivity contribution in [2.75, 3.05) is 0 Å². The quantitative estimate of drug-likeness (QED) is 0.144. The Balaban J connectivity index is 0.891. The molecule has 0 aromatic heterocycles. The summed E-state index contributed by atoms with van der Waals surface area (Å²) in [7, 11) is 0. The Labute approximate surface area is 398 Å². The van der Waals surface area contributed by atoms with Gasteiger partial charge in [-0.3, -0.25) is 0 Å². The molecule has 0 fully saturated rings. The van der Waals surface area contributed by atoms with Gasteiger partial charge in [0.05, 0.1) is 0 Å². The van der Waals surface area contributed by atoms with Gasteiger partial charge >= 0.3 is 0 Å². The SMILES string of the molecule is Oc1ccccc1-c1ccccc1-c1ccc(-c2ccccc2-c2ccccc2-c2ccc(-c3ccccc3-c3ccccc3-c3ccc(-c4ccccc4-c4ccccc4O)cc3)cc2)cc1. The molecule has 0 saturated heterocycles. The topological polar surface area (TPSA) is 40.5 Å². The molecule has 2 heteroatoms. The van der Waals surface area contributed by atoms with E-state index in [4.69, 9.17) is 0 Å². The first-order chi connectivity index (χ1) is 33.6. The highest BCUT2D eigenvalue weighted by Gasteiger charge is 2.17. The summed E-state index contributed by atoms with van der Waals surface area (Å²) in [4.78, 5) is 0. The molecule has 0 amide bonds. The molecule has 11 aromatic rings. The minimum atomic E-state index is 0.273. The summed E-state index contributed by atoms with van der Waals surface area (Å²) in [6.07, 6.45) is 0. The lowest BCUT2D eigenvalue weighted by atomic mass is 9.87. The lowest BCUT2D eigenvalue weighted by Gasteiger charge is -2.17. The maximum atomic E-state index is 10.7. The van der Waals surface area contributed by atoms with Gasteiger partial charge in [-0.05, 0) is 112 Å². The van der Waals surface area contributed by atoms with Crippen LogP contribution in [0.3, 0.4) is 0 Å². The van der Waals surface area contributed by atoms with Gasteiger partial charge < -0.3 is 10.2 Å². The van der Waals surface area contributed by atoms with Gasteiger partial charge in [0.1, 0.15) is 11.5 Å². The zero-order valence-corrected chi connectivity index (χ0v) is 37.3. The fraction of sp³-hybridized carbons (Fsp3) is 0. The molecule has 0 radical (unpaired) electrons. The summed E-state index contributed by atoms with van der Waals surface area (Å²) in [5.74, 6) is 0.546. The minimum absolute atomic E-state index is 0.273. The van der Waals surface area contributed by atoms with Crippen LogP contribution in [0.15, 0.2) is 267 Å². The van der Waals surface area contributed by atoms with Crippen LogP contribution in [0.4, 0.5) is 0 Å². The summed E-state index contributed by atoms with van der Waals surface area (Å²) in [5.41, 5.74) is 21.9. The van der Waals surface area contributed by atoms with Crippen molar-refractivity contribution in [1.82, 2.24) is 0 Å². The number of para-hydroxylation sites is 2. The molecule has 2 nitrogen and oxygen atoms in total. The monoisotopic (exact) mass is 870 g/mol. The van der Waals surface area contributed by atoms with Crippen LogP contribution < -0.4 is 0 Å². The second-order valence-electron chi connectivity index (χ2n) is 17.0. The molecule has 0 aliphatic carbocycles. The molecule has 0 heterocycles. The van der Waals surface area contributed by atoms with Gasteiger partial charge in [-0.25, -0.2) is 0 Å². The molecular formula is C66H46O2. The molecule has 0 aliphatic rings. The van der Waals surface area contributed by atoms with E-state index in [0.29, 0.717) is 0 Å². The first kappa shape index (κ1) is 41.7. The predicted molar refractivity (Wildman–Crippen MR) is 284 cm³/mol. The van der Waals surface area contributed by atoms with Gasteiger partial charge in [-0.1, -0.05) is 255 Å². The summed E-state index contributed by atoms with van der Waals surface area (Å²) >= 11 is 0. The van der Waals surface area contributed by atoms with Gasteiger partial charge in [-0.2, -0.15) is 0 Å². The third kappa shape index (κ3) is 8.06. The summed E-state index contributed by atoms with van der Waals surface area (Å²) in [6, 6.07) is 92.8. The van der Waals surface area contributed by atoms with E-state index in [1.54, 1.807) is 12.1 Å². The van der Waals surface area contributed by atoms with E-state index in [0.717, 1.165) is 77.9 Å².